The van der Waals surface area contributed by atoms with Crippen LogP contribution in [-0.4, -0.2) is 22.9 Å². The molecule has 3 aromatic rings. The molecule has 0 heterocycles. The van der Waals surface area contributed by atoms with Crippen molar-refractivity contribution < 1.29 is 28.3 Å². The molecule has 7 nitrogen and oxygen atoms in total. The van der Waals surface area contributed by atoms with Gasteiger partial charge in [-0.1, -0.05) is 18.2 Å². The molecule has 0 radical (unpaired) electrons. The van der Waals surface area contributed by atoms with Gasteiger partial charge in [-0.3, -0.25) is 14.9 Å². The van der Waals surface area contributed by atoms with E-state index in [2.05, 4.69) is 10.6 Å². The SMILES string of the molecule is N#Cc1cccc(C(=O)CC(=O)Nc2cc(-c3ccc(F)cc3F)ccc2NC(=O)O)c1. The maximum Gasteiger partial charge on any atom is 0.409 e. The fourth-order valence-corrected chi connectivity index (χ4v) is 2.97. The fraction of sp³-hybridized carbons (Fsp3) is 0.0435. The molecule has 0 saturated carbocycles. The van der Waals surface area contributed by atoms with Gasteiger partial charge in [0.15, 0.2) is 5.78 Å². The van der Waals surface area contributed by atoms with E-state index in [1.807, 2.05) is 6.07 Å². The number of ketones is 1. The van der Waals surface area contributed by atoms with Gasteiger partial charge in [0.25, 0.3) is 0 Å². The summed E-state index contributed by atoms with van der Waals surface area (Å²) < 4.78 is 27.4. The average molecular weight is 435 g/mol. The summed E-state index contributed by atoms with van der Waals surface area (Å²) in [7, 11) is 0. The zero-order valence-corrected chi connectivity index (χ0v) is 16.4. The lowest BCUT2D eigenvalue weighted by molar-refractivity contribution is -0.115. The number of halogens is 2. The molecule has 32 heavy (non-hydrogen) atoms. The highest BCUT2D eigenvalue weighted by Gasteiger charge is 2.16. The highest BCUT2D eigenvalue weighted by Crippen LogP contribution is 2.31. The average Bonchev–Trinajstić information content (AvgIpc) is 2.74. The third kappa shape index (κ3) is 5.31. The van der Waals surface area contributed by atoms with Crippen LogP contribution in [0.5, 0.6) is 0 Å². The first-order valence-electron chi connectivity index (χ1n) is 9.19. The number of benzene rings is 3. The molecule has 0 atom stereocenters. The number of nitriles is 1. The van der Waals surface area contributed by atoms with Crippen LogP contribution in [0.4, 0.5) is 25.0 Å². The zero-order valence-electron chi connectivity index (χ0n) is 16.4. The molecule has 0 aromatic heterocycles. The quantitative estimate of drug-likeness (QED) is 0.379. The summed E-state index contributed by atoms with van der Waals surface area (Å²) in [6.07, 6.45) is -1.97. The van der Waals surface area contributed by atoms with Gasteiger partial charge in [0.05, 0.1) is 29.4 Å². The topological polar surface area (TPSA) is 119 Å². The van der Waals surface area contributed by atoms with Gasteiger partial charge in [-0.05, 0) is 42.0 Å². The molecule has 2 amide bonds. The van der Waals surface area contributed by atoms with Crippen molar-refractivity contribution in [3.05, 3.63) is 83.4 Å². The Morgan fingerprint density at radius 2 is 1.72 bits per heavy atom. The van der Waals surface area contributed by atoms with Crippen molar-refractivity contribution >= 4 is 29.2 Å². The number of hydrogen-bond acceptors (Lipinski definition) is 4. The van der Waals surface area contributed by atoms with E-state index < -0.39 is 35.8 Å². The molecule has 0 fully saturated rings. The van der Waals surface area contributed by atoms with Crippen LogP contribution in [0.3, 0.4) is 0 Å². The third-order valence-electron chi connectivity index (χ3n) is 4.41. The maximum atomic E-state index is 14.2. The van der Waals surface area contributed by atoms with Crippen LogP contribution in [0, 0.1) is 23.0 Å². The minimum absolute atomic E-state index is 0.00366. The van der Waals surface area contributed by atoms with E-state index in [0.717, 1.165) is 6.07 Å². The Balaban J connectivity index is 1.87. The van der Waals surface area contributed by atoms with E-state index in [1.165, 1.54) is 48.5 Å². The molecule has 0 unspecified atom stereocenters. The number of amides is 2. The second-order valence-electron chi connectivity index (χ2n) is 6.66. The predicted octanol–water partition coefficient (Wildman–Crippen LogP) is 4.80. The van der Waals surface area contributed by atoms with Crippen LogP contribution in [0.25, 0.3) is 11.1 Å². The number of hydrogen-bond donors (Lipinski definition) is 3. The first kappa shape index (κ1) is 22.1. The van der Waals surface area contributed by atoms with Crippen molar-refractivity contribution in [3.63, 3.8) is 0 Å². The van der Waals surface area contributed by atoms with E-state index in [1.54, 1.807) is 0 Å². The summed E-state index contributed by atoms with van der Waals surface area (Å²) in [5, 5.41) is 22.5. The van der Waals surface area contributed by atoms with E-state index in [-0.39, 0.29) is 33.6 Å². The Kier molecular flexibility index (Phi) is 6.56. The summed E-state index contributed by atoms with van der Waals surface area (Å²) >= 11 is 0. The number of rotatable bonds is 6. The van der Waals surface area contributed by atoms with Crippen LogP contribution in [0.2, 0.25) is 0 Å². The molecule has 0 aliphatic rings. The zero-order chi connectivity index (χ0) is 23.3. The van der Waals surface area contributed by atoms with Crippen molar-refractivity contribution in [2.75, 3.05) is 10.6 Å². The summed E-state index contributed by atoms with van der Waals surface area (Å²) in [4.78, 5) is 35.9. The minimum Gasteiger partial charge on any atom is -0.465 e. The molecule has 0 spiro atoms. The lowest BCUT2D eigenvalue weighted by Gasteiger charge is -2.13. The summed E-state index contributed by atoms with van der Waals surface area (Å²) in [5.74, 6) is -2.90. The monoisotopic (exact) mass is 435 g/mol. The summed E-state index contributed by atoms with van der Waals surface area (Å²) in [5.41, 5.74) is 0.701. The summed E-state index contributed by atoms with van der Waals surface area (Å²) in [6, 6.07) is 14.7. The van der Waals surface area contributed by atoms with Crippen LogP contribution in [0.15, 0.2) is 60.7 Å². The molecule has 160 valence electrons. The number of nitrogens with one attached hydrogen (secondary N) is 2. The Morgan fingerprint density at radius 1 is 0.938 bits per heavy atom. The van der Waals surface area contributed by atoms with Gasteiger partial charge < -0.3 is 10.4 Å². The number of carboxylic acid groups (broad SMARTS) is 1. The smallest absolute Gasteiger partial charge is 0.409 e. The molecule has 0 saturated heterocycles. The van der Waals surface area contributed by atoms with Crippen molar-refractivity contribution in [1.82, 2.24) is 0 Å². The summed E-state index contributed by atoms with van der Waals surface area (Å²) in [6.45, 7) is 0. The Bertz CT molecular complexity index is 1270. The molecule has 3 rings (SSSR count). The largest absolute Gasteiger partial charge is 0.465 e. The van der Waals surface area contributed by atoms with Gasteiger partial charge in [0, 0.05) is 17.2 Å². The third-order valence-corrected chi connectivity index (χ3v) is 4.41. The van der Waals surface area contributed by atoms with Crippen LogP contribution in [-0.2, 0) is 4.79 Å². The minimum atomic E-state index is -1.40. The number of Topliss-reactive ketones (excluding diaryl/α,β-unsaturated/α-hetero) is 1. The van der Waals surface area contributed by atoms with Gasteiger partial charge >= 0.3 is 6.09 Å². The van der Waals surface area contributed by atoms with Crippen molar-refractivity contribution in [2.24, 2.45) is 0 Å². The van der Waals surface area contributed by atoms with E-state index >= 15 is 0 Å². The first-order chi connectivity index (χ1) is 15.3. The maximum absolute atomic E-state index is 14.2. The molecule has 3 N–H and O–H groups in total. The van der Waals surface area contributed by atoms with Crippen molar-refractivity contribution in [1.29, 1.82) is 5.26 Å². The first-order valence-corrected chi connectivity index (χ1v) is 9.19. The number of anilines is 2. The second-order valence-corrected chi connectivity index (χ2v) is 6.66. The molecular formula is C23H15F2N3O4. The fourth-order valence-electron chi connectivity index (χ4n) is 2.97. The molecule has 0 aliphatic carbocycles. The van der Waals surface area contributed by atoms with Crippen LogP contribution in [0.1, 0.15) is 22.3 Å². The highest BCUT2D eigenvalue weighted by molar-refractivity contribution is 6.12. The van der Waals surface area contributed by atoms with Gasteiger partial charge in [0.1, 0.15) is 11.6 Å². The molecule has 0 aliphatic heterocycles. The number of carbonyl (C=O) groups excluding carboxylic acids is 2. The van der Waals surface area contributed by atoms with Gasteiger partial charge in [-0.25, -0.2) is 13.6 Å². The Morgan fingerprint density at radius 3 is 2.41 bits per heavy atom. The number of nitrogens with zero attached hydrogens (tertiary/aromatic N) is 1. The van der Waals surface area contributed by atoms with Crippen molar-refractivity contribution in [2.45, 2.75) is 6.42 Å². The molecular weight excluding hydrogens is 420 g/mol. The van der Waals surface area contributed by atoms with Gasteiger partial charge in [0.2, 0.25) is 5.91 Å². The van der Waals surface area contributed by atoms with E-state index in [4.69, 9.17) is 10.4 Å². The molecule has 3 aromatic carbocycles. The van der Waals surface area contributed by atoms with Gasteiger partial charge in [-0.15, -0.1) is 0 Å². The highest BCUT2D eigenvalue weighted by atomic mass is 19.1. The lowest BCUT2D eigenvalue weighted by atomic mass is 10.0. The Labute approximate surface area is 180 Å². The van der Waals surface area contributed by atoms with Crippen LogP contribution < -0.4 is 10.6 Å². The lowest BCUT2D eigenvalue weighted by Crippen LogP contribution is -2.18. The Hall–Kier alpha value is -4.58. The molecule has 0 bridgehead atoms. The van der Waals surface area contributed by atoms with E-state index in [0.29, 0.717) is 6.07 Å². The number of carbonyl (C=O) groups is 3. The standard InChI is InChI=1S/C23H15F2N3O4/c24-16-5-6-17(18(25)10-16)14-4-7-19(28-23(31)32)20(9-14)27-22(30)11-21(29)15-3-1-2-13(8-15)12-26/h1-10,28H,11H2,(H,27,30)(H,31,32). The van der Waals surface area contributed by atoms with Crippen molar-refractivity contribution in [3.8, 4) is 17.2 Å². The normalized spacial score (nSPS) is 10.2. The second kappa shape index (κ2) is 9.49. The molecule has 9 heteroatoms. The predicted molar refractivity (Wildman–Crippen MR) is 112 cm³/mol. The van der Waals surface area contributed by atoms with Crippen LogP contribution >= 0.6 is 0 Å². The van der Waals surface area contributed by atoms with Gasteiger partial charge in [-0.2, -0.15) is 5.26 Å². The van der Waals surface area contributed by atoms with E-state index in [9.17, 15) is 23.2 Å².